The Morgan fingerprint density at radius 3 is 2.65 bits per heavy atom. The summed E-state index contributed by atoms with van der Waals surface area (Å²) in [5.41, 5.74) is 2.67. The summed E-state index contributed by atoms with van der Waals surface area (Å²) in [6, 6.07) is 8.65. The van der Waals surface area contributed by atoms with E-state index < -0.39 is 0 Å². The lowest BCUT2D eigenvalue weighted by molar-refractivity contribution is 0.576. The van der Waals surface area contributed by atoms with Gasteiger partial charge in [0.2, 0.25) is 0 Å². The Balaban J connectivity index is 2.09. The van der Waals surface area contributed by atoms with Crippen LogP contribution in [0.1, 0.15) is 30.4 Å². The van der Waals surface area contributed by atoms with Crippen LogP contribution in [0.4, 0.5) is 0 Å². The van der Waals surface area contributed by atoms with Crippen LogP contribution in [0, 0.1) is 0 Å². The molecule has 1 aromatic carbocycles. The van der Waals surface area contributed by atoms with Gasteiger partial charge in [-0.15, -0.1) is 0 Å². The molecule has 1 N–H and O–H groups in total. The molecular weight excluding hydrogens is 314 g/mol. The van der Waals surface area contributed by atoms with Gasteiger partial charge >= 0.3 is 0 Å². The zero-order valence-electron chi connectivity index (χ0n) is 12.1. The minimum Gasteiger partial charge on any atom is -0.316 e. The van der Waals surface area contributed by atoms with Crippen molar-refractivity contribution in [3.8, 4) is 0 Å². The van der Waals surface area contributed by atoms with Gasteiger partial charge in [-0.3, -0.25) is 4.68 Å². The number of nitrogens with one attached hydrogen (secondary N) is 1. The molecule has 1 atom stereocenters. The van der Waals surface area contributed by atoms with Gasteiger partial charge in [0, 0.05) is 30.2 Å². The molecule has 0 spiro atoms. The highest BCUT2D eigenvalue weighted by atomic mass is 79.9. The highest BCUT2D eigenvalue weighted by molar-refractivity contribution is 9.10. The minimum absolute atomic E-state index is 0.485. The van der Waals surface area contributed by atoms with Crippen molar-refractivity contribution in [1.29, 1.82) is 0 Å². The predicted molar refractivity (Wildman–Crippen MR) is 87.0 cm³/mol. The first-order chi connectivity index (χ1) is 9.69. The number of halogens is 1. The third-order valence-electron chi connectivity index (χ3n) is 3.40. The first-order valence-corrected chi connectivity index (χ1v) is 7.92. The average molecular weight is 336 g/mol. The summed E-state index contributed by atoms with van der Waals surface area (Å²) in [5.74, 6) is 0.485. The van der Waals surface area contributed by atoms with Gasteiger partial charge in [-0.2, -0.15) is 5.10 Å². The summed E-state index contributed by atoms with van der Waals surface area (Å²) in [7, 11) is 1.97. The van der Waals surface area contributed by atoms with Gasteiger partial charge < -0.3 is 5.32 Å². The van der Waals surface area contributed by atoms with Gasteiger partial charge in [-0.05, 0) is 42.6 Å². The van der Waals surface area contributed by atoms with Crippen molar-refractivity contribution < 1.29 is 0 Å². The van der Waals surface area contributed by atoms with E-state index in [2.05, 4.69) is 63.7 Å². The Bertz CT molecular complexity index is 519. The summed E-state index contributed by atoms with van der Waals surface area (Å²) in [5, 5.41) is 7.80. The summed E-state index contributed by atoms with van der Waals surface area (Å²) in [6.07, 6.45) is 6.25. The van der Waals surface area contributed by atoms with E-state index in [1.165, 1.54) is 17.5 Å². The van der Waals surface area contributed by atoms with Gasteiger partial charge in [-0.1, -0.05) is 35.0 Å². The van der Waals surface area contributed by atoms with Gasteiger partial charge in [0.25, 0.3) is 0 Å². The van der Waals surface area contributed by atoms with Crippen molar-refractivity contribution in [3.63, 3.8) is 0 Å². The van der Waals surface area contributed by atoms with Crippen LogP contribution in [0.5, 0.6) is 0 Å². The summed E-state index contributed by atoms with van der Waals surface area (Å²) in [6.45, 7) is 4.27. The molecule has 0 saturated heterocycles. The van der Waals surface area contributed by atoms with Crippen LogP contribution in [0.3, 0.4) is 0 Å². The van der Waals surface area contributed by atoms with Gasteiger partial charge in [0.05, 0.1) is 6.20 Å². The molecule has 1 unspecified atom stereocenters. The lowest BCUT2D eigenvalue weighted by Crippen LogP contribution is -2.23. The number of benzene rings is 1. The van der Waals surface area contributed by atoms with Crippen LogP contribution >= 0.6 is 15.9 Å². The number of nitrogens with zero attached hydrogens (tertiary/aromatic N) is 2. The van der Waals surface area contributed by atoms with Crippen LogP contribution in [0.15, 0.2) is 41.1 Å². The molecule has 2 rings (SSSR count). The molecule has 0 aliphatic rings. The molecule has 3 nitrogen and oxygen atoms in total. The third-order valence-corrected chi connectivity index (χ3v) is 3.93. The van der Waals surface area contributed by atoms with Crippen molar-refractivity contribution in [1.82, 2.24) is 15.1 Å². The lowest BCUT2D eigenvalue weighted by Gasteiger charge is -2.17. The summed E-state index contributed by atoms with van der Waals surface area (Å²) < 4.78 is 3.00. The number of aryl methyl sites for hydroxylation is 1. The van der Waals surface area contributed by atoms with E-state index in [0.29, 0.717) is 5.92 Å². The van der Waals surface area contributed by atoms with E-state index >= 15 is 0 Å². The number of aromatic nitrogens is 2. The number of rotatable bonds is 7. The Morgan fingerprint density at radius 1 is 1.30 bits per heavy atom. The molecular formula is C16H22BrN3. The minimum atomic E-state index is 0.485. The molecule has 0 aliphatic carbocycles. The topological polar surface area (TPSA) is 29.9 Å². The molecule has 20 heavy (non-hydrogen) atoms. The molecule has 0 saturated carbocycles. The van der Waals surface area contributed by atoms with Crippen molar-refractivity contribution in [3.05, 3.63) is 52.3 Å². The Morgan fingerprint density at radius 2 is 2.05 bits per heavy atom. The number of hydrogen-bond acceptors (Lipinski definition) is 2. The van der Waals surface area contributed by atoms with E-state index in [-0.39, 0.29) is 0 Å². The molecule has 108 valence electrons. The van der Waals surface area contributed by atoms with Crippen molar-refractivity contribution >= 4 is 15.9 Å². The monoisotopic (exact) mass is 335 g/mol. The molecule has 2 aromatic rings. The van der Waals surface area contributed by atoms with E-state index in [1.807, 2.05) is 17.9 Å². The number of hydrogen-bond donors (Lipinski definition) is 1. The third kappa shape index (κ3) is 4.46. The molecule has 1 aromatic heterocycles. The maximum Gasteiger partial charge on any atom is 0.0521 e. The second kappa shape index (κ2) is 7.60. The maximum atomic E-state index is 4.26. The van der Waals surface area contributed by atoms with Crippen molar-refractivity contribution in [2.45, 2.75) is 25.7 Å². The van der Waals surface area contributed by atoms with Gasteiger partial charge in [-0.25, -0.2) is 0 Å². The van der Waals surface area contributed by atoms with Gasteiger partial charge in [0.1, 0.15) is 0 Å². The first kappa shape index (κ1) is 15.3. The second-order valence-corrected chi connectivity index (χ2v) is 6.09. The van der Waals surface area contributed by atoms with Crippen LogP contribution in [-0.4, -0.2) is 22.9 Å². The second-order valence-electron chi connectivity index (χ2n) is 5.18. The van der Waals surface area contributed by atoms with E-state index in [4.69, 9.17) is 0 Å². The molecule has 1 heterocycles. The normalized spacial score (nSPS) is 12.6. The molecule has 0 amide bonds. The standard InChI is InChI=1S/C16H22BrN3/c1-3-8-18-11-15(9-13-10-19-20(2)12-13)14-4-6-16(17)7-5-14/h4-7,10,12,15,18H,3,8-9,11H2,1-2H3. The van der Waals surface area contributed by atoms with Crippen LogP contribution in [-0.2, 0) is 13.5 Å². The fourth-order valence-electron chi connectivity index (χ4n) is 2.36. The highest BCUT2D eigenvalue weighted by Gasteiger charge is 2.13. The molecule has 0 bridgehead atoms. The SMILES string of the molecule is CCCNCC(Cc1cnn(C)c1)c1ccc(Br)cc1. The summed E-state index contributed by atoms with van der Waals surface area (Å²) >= 11 is 3.50. The van der Waals surface area contributed by atoms with Crippen molar-refractivity contribution in [2.75, 3.05) is 13.1 Å². The lowest BCUT2D eigenvalue weighted by atomic mass is 9.93. The van der Waals surface area contributed by atoms with Crippen LogP contribution in [0.2, 0.25) is 0 Å². The smallest absolute Gasteiger partial charge is 0.0521 e. The zero-order chi connectivity index (χ0) is 14.4. The first-order valence-electron chi connectivity index (χ1n) is 7.12. The molecule has 0 radical (unpaired) electrons. The van der Waals surface area contributed by atoms with Crippen LogP contribution in [0.25, 0.3) is 0 Å². The van der Waals surface area contributed by atoms with E-state index in [9.17, 15) is 0 Å². The van der Waals surface area contributed by atoms with Crippen LogP contribution < -0.4 is 5.32 Å². The maximum absolute atomic E-state index is 4.26. The zero-order valence-corrected chi connectivity index (χ0v) is 13.7. The fraction of sp³-hybridized carbons (Fsp3) is 0.438. The largest absolute Gasteiger partial charge is 0.316 e. The van der Waals surface area contributed by atoms with E-state index in [1.54, 1.807) is 0 Å². The Labute approximate surface area is 129 Å². The average Bonchev–Trinajstić information content (AvgIpc) is 2.84. The fourth-order valence-corrected chi connectivity index (χ4v) is 2.62. The summed E-state index contributed by atoms with van der Waals surface area (Å²) in [4.78, 5) is 0. The Hall–Kier alpha value is -1.13. The van der Waals surface area contributed by atoms with Crippen molar-refractivity contribution in [2.24, 2.45) is 7.05 Å². The molecule has 0 fully saturated rings. The predicted octanol–water partition coefficient (Wildman–Crippen LogP) is 3.51. The highest BCUT2D eigenvalue weighted by Crippen LogP contribution is 2.22. The molecule has 0 aliphatic heterocycles. The Kier molecular flexibility index (Phi) is 5.80. The molecule has 4 heteroatoms. The van der Waals surface area contributed by atoms with E-state index in [0.717, 1.165) is 24.0 Å². The van der Waals surface area contributed by atoms with Gasteiger partial charge in [0.15, 0.2) is 0 Å². The quantitative estimate of drug-likeness (QED) is 0.784.